The first-order valence-electron chi connectivity index (χ1n) is 9.53. The smallest absolute Gasteiger partial charge is 0.252 e. The van der Waals surface area contributed by atoms with Crippen molar-refractivity contribution in [1.29, 1.82) is 0 Å². The van der Waals surface area contributed by atoms with Gasteiger partial charge in [0.2, 0.25) is 5.91 Å². The number of amides is 2. The number of methoxy groups -OCH3 is 1. The summed E-state index contributed by atoms with van der Waals surface area (Å²) in [5.41, 5.74) is 0. The van der Waals surface area contributed by atoms with Crippen LogP contribution in [0.5, 0.6) is 0 Å². The maximum absolute atomic E-state index is 12.5. The molecule has 1 heterocycles. The van der Waals surface area contributed by atoms with Crippen molar-refractivity contribution in [3.05, 3.63) is 12.2 Å². The number of nitrogens with zero attached hydrogens (tertiary/aromatic N) is 1. The summed E-state index contributed by atoms with van der Waals surface area (Å²) in [5, 5.41) is 33.1. The molecule has 0 saturated carbocycles. The molecule has 0 radical (unpaired) electrons. The van der Waals surface area contributed by atoms with Gasteiger partial charge in [0.15, 0.2) is 6.10 Å². The second kappa shape index (κ2) is 11.4. The Bertz CT molecular complexity index is 512. The number of aliphatic hydroxyl groups excluding tert-OH is 3. The minimum atomic E-state index is -1.65. The fourth-order valence-corrected chi connectivity index (χ4v) is 2.92. The van der Waals surface area contributed by atoms with Gasteiger partial charge in [0, 0.05) is 20.7 Å². The van der Waals surface area contributed by atoms with Crippen LogP contribution in [0.3, 0.4) is 0 Å². The van der Waals surface area contributed by atoms with Gasteiger partial charge in [-0.1, -0.05) is 32.4 Å². The van der Waals surface area contributed by atoms with E-state index in [0.29, 0.717) is 13.0 Å². The number of carbonyl (C=O) groups is 2. The van der Waals surface area contributed by atoms with Crippen molar-refractivity contribution in [2.24, 2.45) is 5.92 Å². The number of allylic oxidation sites excluding steroid dienone is 1. The highest BCUT2D eigenvalue weighted by atomic mass is 16.5. The Morgan fingerprint density at radius 3 is 2.56 bits per heavy atom. The summed E-state index contributed by atoms with van der Waals surface area (Å²) in [6.07, 6.45) is 0.163. The molecule has 0 aromatic heterocycles. The van der Waals surface area contributed by atoms with Gasteiger partial charge in [0.05, 0.1) is 0 Å². The molecule has 1 aliphatic heterocycles. The molecular formula is C19H34N2O6. The molecule has 4 N–H and O–H groups in total. The van der Waals surface area contributed by atoms with Gasteiger partial charge in [-0.2, -0.15) is 0 Å². The fraction of sp³-hybridized carbons (Fsp3) is 0.789. The lowest BCUT2D eigenvalue weighted by atomic mass is 9.99. The number of carbonyl (C=O) groups excluding carboxylic acids is 2. The van der Waals surface area contributed by atoms with Crippen LogP contribution >= 0.6 is 0 Å². The Labute approximate surface area is 161 Å². The molecule has 6 unspecified atom stereocenters. The van der Waals surface area contributed by atoms with Crippen LogP contribution in [0.2, 0.25) is 0 Å². The normalized spacial score (nSPS) is 24.2. The molecule has 6 atom stereocenters. The van der Waals surface area contributed by atoms with Crippen LogP contribution in [0, 0.1) is 5.92 Å². The molecule has 0 bridgehead atoms. The van der Waals surface area contributed by atoms with Crippen LogP contribution in [0.4, 0.5) is 0 Å². The molecule has 1 aliphatic rings. The van der Waals surface area contributed by atoms with E-state index in [1.165, 1.54) is 13.2 Å². The number of hydrogen-bond donors (Lipinski definition) is 4. The summed E-state index contributed by atoms with van der Waals surface area (Å²) in [6.45, 7) is 4.58. The topological polar surface area (TPSA) is 119 Å². The van der Waals surface area contributed by atoms with Gasteiger partial charge in [0.25, 0.3) is 5.91 Å². The SMILES string of the molecule is CCC(C)C=CC(O)C(O)C(O)C(OC)C(=O)NC1CCCCN(C)C1=O. The average Bonchev–Trinajstić information content (AvgIpc) is 2.81. The molecule has 8 nitrogen and oxygen atoms in total. The number of likely N-dealkylation sites (tertiary alicyclic amines) is 1. The minimum Gasteiger partial charge on any atom is -0.387 e. The Balaban J connectivity index is 2.75. The highest BCUT2D eigenvalue weighted by Crippen LogP contribution is 2.14. The second-order valence-corrected chi connectivity index (χ2v) is 7.22. The third kappa shape index (κ3) is 6.88. The van der Waals surface area contributed by atoms with Crippen molar-refractivity contribution in [2.45, 2.75) is 70.0 Å². The number of ether oxygens (including phenoxy) is 1. The van der Waals surface area contributed by atoms with E-state index in [-0.39, 0.29) is 11.8 Å². The fourth-order valence-electron chi connectivity index (χ4n) is 2.92. The largest absolute Gasteiger partial charge is 0.387 e. The van der Waals surface area contributed by atoms with E-state index in [1.807, 2.05) is 13.8 Å². The van der Waals surface area contributed by atoms with Gasteiger partial charge in [-0.15, -0.1) is 0 Å². The standard InChI is InChI=1S/C19H34N2O6/c1-5-12(2)9-10-14(22)15(23)16(24)17(27-4)18(25)20-13-8-6-7-11-21(3)19(13)26/h9-10,12-17,22-24H,5-8,11H2,1-4H3,(H,20,25). The van der Waals surface area contributed by atoms with Crippen molar-refractivity contribution in [3.63, 3.8) is 0 Å². The maximum atomic E-state index is 12.5. The van der Waals surface area contributed by atoms with E-state index in [0.717, 1.165) is 19.3 Å². The number of hydrogen-bond acceptors (Lipinski definition) is 6. The lowest BCUT2D eigenvalue weighted by Crippen LogP contribution is -2.55. The van der Waals surface area contributed by atoms with Crippen LogP contribution in [0.1, 0.15) is 39.5 Å². The predicted molar refractivity (Wildman–Crippen MR) is 101 cm³/mol. The summed E-state index contributed by atoms with van der Waals surface area (Å²) < 4.78 is 5.04. The molecule has 0 spiro atoms. The van der Waals surface area contributed by atoms with Gasteiger partial charge < -0.3 is 30.3 Å². The molecule has 1 fully saturated rings. The van der Waals surface area contributed by atoms with Crippen LogP contribution in [-0.4, -0.2) is 83.2 Å². The van der Waals surface area contributed by atoms with Crippen LogP contribution < -0.4 is 5.32 Å². The van der Waals surface area contributed by atoms with Crippen molar-refractivity contribution in [3.8, 4) is 0 Å². The first kappa shape index (κ1) is 23.6. The maximum Gasteiger partial charge on any atom is 0.252 e. The number of aliphatic hydroxyl groups is 3. The van der Waals surface area contributed by atoms with E-state index < -0.39 is 36.4 Å². The average molecular weight is 386 g/mol. The summed E-state index contributed by atoms with van der Waals surface area (Å²) in [5.74, 6) is -0.679. The molecule has 0 aromatic rings. The van der Waals surface area contributed by atoms with Gasteiger partial charge in [-0.05, 0) is 25.2 Å². The highest BCUT2D eigenvalue weighted by molar-refractivity contribution is 5.89. The molecule has 0 aliphatic carbocycles. The Kier molecular flexibility index (Phi) is 9.93. The molecule has 0 aromatic carbocycles. The van der Waals surface area contributed by atoms with Gasteiger partial charge in [0.1, 0.15) is 24.4 Å². The van der Waals surface area contributed by atoms with E-state index in [9.17, 15) is 24.9 Å². The summed E-state index contributed by atoms with van der Waals surface area (Å²) in [7, 11) is 2.90. The summed E-state index contributed by atoms with van der Waals surface area (Å²) in [4.78, 5) is 26.4. The zero-order valence-corrected chi connectivity index (χ0v) is 16.7. The number of nitrogens with one attached hydrogen (secondary N) is 1. The monoisotopic (exact) mass is 386 g/mol. The Morgan fingerprint density at radius 1 is 1.30 bits per heavy atom. The van der Waals surface area contributed by atoms with Crippen LogP contribution in [0.25, 0.3) is 0 Å². The third-order valence-electron chi connectivity index (χ3n) is 5.03. The van der Waals surface area contributed by atoms with E-state index >= 15 is 0 Å². The molecule has 27 heavy (non-hydrogen) atoms. The first-order chi connectivity index (χ1) is 12.7. The van der Waals surface area contributed by atoms with Gasteiger partial charge in [-0.3, -0.25) is 9.59 Å². The van der Waals surface area contributed by atoms with E-state index in [1.54, 1.807) is 18.0 Å². The van der Waals surface area contributed by atoms with Gasteiger partial charge >= 0.3 is 0 Å². The summed E-state index contributed by atoms with van der Waals surface area (Å²) in [6, 6.07) is -0.692. The summed E-state index contributed by atoms with van der Waals surface area (Å²) >= 11 is 0. The third-order valence-corrected chi connectivity index (χ3v) is 5.03. The predicted octanol–water partition coefficient (Wildman–Crippen LogP) is -0.186. The number of likely N-dealkylation sites (N-methyl/N-ethyl adjacent to an activating group) is 1. The zero-order valence-electron chi connectivity index (χ0n) is 16.7. The lowest BCUT2D eigenvalue weighted by Gasteiger charge is -2.28. The zero-order chi connectivity index (χ0) is 20.6. The highest BCUT2D eigenvalue weighted by Gasteiger charge is 2.37. The molecule has 2 amide bonds. The van der Waals surface area contributed by atoms with Crippen molar-refractivity contribution in [2.75, 3.05) is 20.7 Å². The molecule has 156 valence electrons. The van der Waals surface area contributed by atoms with Crippen molar-refractivity contribution in [1.82, 2.24) is 10.2 Å². The molecular weight excluding hydrogens is 352 g/mol. The van der Waals surface area contributed by atoms with Gasteiger partial charge in [-0.25, -0.2) is 0 Å². The van der Waals surface area contributed by atoms with E-state index in [2.05, 4.69) is 5.32 Å². The molecule has 1 saturated heterocycles. The Hall–Kier alpha value is -1.48. The number of rotatable bonds is 9. The second-order valence-electron chi connectivity index (χ2n) is 7.22. The minimum absolute atomic E-state index is 0.192. The van der Waals surface area contributed by atoms with Crippen molar-refractivity contribution < 1.29 is 29.6 Å². The van der Waals surface area contributed by atoms with Crippen molar-refractivity contribution >= 4 is 11.8 Å². The molecule has 1 rings (SSSR count). The van der Waals surface area contributed by atoms with E-state index in [4.69, 9.17) is 4.74 Å². The first-order valence-corrected chi connectivity index (χ1v) is 9.53. The quantitative estimate of drug-likeness (QED) is 0.408. The lowest BCUT2D eigenvalue weighted by molar-refractivity contribution is -0.151. The Morgan fingerprint density at radius 2 is 1.96 bits per heavy atom. The molecule has 8 heteroatoms. The van der Waals surface area contributed by atoms with Crippen LogP contribution in [-0.2, 0) is 14.3 Å². The van der Waals surface area contributed by atoms with Crippen LogP contribution in [0.15, 0.2) is 12.2 Å².